The molecule has 8 aromatic carbocycles. The van der Waals surface area contributed by atoms with Gasteiger partial charge in [-0.3, -0.25) is 4.79 Å². The Morgan fingerprint density at radius 2 is 1.25 bits per heavy atom. The summed E-state index contributed by atoms with van der Waals surface area (Å²) in [6.07, 6.45) is 0.697. The maximum absolute atomic E-state index is 13.9. The summed E-state index contributed by atoms with van der Waals surface area (Å²) in [5.41, 5.74) is 10.4. The van der Waals surface area contributed by atoms with Crippen LogP contribution >= 0.6 is 0 Å². The van der Waals surface area contributed by atoms with Crippen LogP contribution in [0.15, 0.2) is 173 Å². The first-order valence-corrected chi connectivity index (χ1v) is 17.7. The summed E-state index contributed by atoms with van der Waals surface area (Å²) in [6.45, 7) is 0. The molecule has 4 heteroatoms. The summed E-state index contributed by atoms with van der Waals surface area (Å²) in [5, 5.41) is 9.55. The first kappa shape index (κ1) is 28.9. The first-order valence-electron chi connectivity index (χ1n) is 17.7. The van der Waals surface area contributed by atoms with Crippen molar-refractivity contribution >= 4 is 76.2 Å². The lowest BCUT2D eigenvalue weighted by Gasteiger charge is -2.14. The van der Waals surface area contributed by atoms with Crippen molar-refractivity contribution in [2.75, 3.05) is 0 Å². The number of aromatic amines is 1. The molecule has 0 atom stereocenters. The third-order valence-corrected chi connectivity index (χ3v) is 10.8. The Labute approximate surface area is 297 Å². The Kier molecular flexibility index (Phi) is 6.13. The van der Waals surface area contributed by atoms with Crippen LogP contribution in [0.25, 0.3) is 93.0 Å². The zero-order valence-electron chi connectivity index (χ0n) is 28.1. The Morgan fingerprint density at radius 1 is 0.519 bits per heavy atom. The monoisotopic (exact) mass is 666 g/mol. The molecule has 0 aliphatic heterocycles. The van der Waals surface area contributed by atoms with Crippen molar-refractivity contribution in [2.45, 2.75) is 6.42 Å². The van der Waals surface area contributed by atoms with Crippen LogP contribution in [0.4, 0.5) is 0 Å². The molecule has 0 bridgehead atoms. The summed E-state index contributed by atoms with van der Waals surface area (Å²) in [7, 11) is 0. The van der Waals surface area contributed by atoms with E-state index in [0.717, 1.165) is 71.4 Å². The number of aromatic nitrogens is 2. The second-order valence-corrected chi connectivity index (χ2v) is 13.7. The van der Waals surface area contributed by atoms with E-state index in [4.69, 9.17) is 4.42 Å². The van der Waals surface area contributed by atoms with Gasteiger partial charge in [0.25, 0.3) is 5.56 Å². The SMILES string of the molecule is O=c1[nH]c2ccc(-c3cccc4c3oc3ccccc34)cc2c2c1cc(Cc1ccc3c(c1)c1ccccc1n3-c1ccccc1)c1ccccc12. The minimum atomic E-state index is -0.0805. The fourth-order valence-corrected chi connectivity index (χ4v) is 8.46. The molecule has 3 aromatic heterocycles. The molecule has 0 fully saturated rings. The van der Waals surface area contributed by atoms with E-state index < -0.39 is 0 Å². The smallest absolute Gasteiger partial charge is 0.256 e. The standard InChI is InChI=1S/C48H30N2O2/c51-48-41-28-31(25-29-21-24-44-39(26-29)35-14-6-8-19-43(35)50(44)32-11-2-1-3-12-32)33-13-4-5-16-37(33)46(41)40-27-30(22-23-42(40)49-48)34-17-10-18-38-36-15-7-9-20-45(36)52-47(34)38/h1-24,26-28H,25H2,(H,49,51). The molecule has 11 rings (SSSR count). The lowest BCUT2D eigenvalue weighted by molar-refractivity contribution is 0.670. The highest BCUT2D eigenvalue weighted by Crippen LogP contribution is 2.39. The zero-order chi connectivity index (χ0) is 34.3. The highest BCUT2D eigenvalue weighted by molar-refractivity contribution is 6.21. The topological polar surface area (TPSA) is 50.9 Å². The Bertz CT molecular complexity index is 3290. The predicted octanol–water partition coefficient (Wildman–Crippen LogP) is 12.1. The summed E-state index contributed by atoms with van der Waals surface area (Å²) < 4.78 is 8.75. The Hall–Kier alpha value is -6.91. The number of fused-ring (bicyclic) bond motifs is 11. The van der Waals surface area contributed by atoms with E-state index in [0.29, 0.717) is 11.8 Å². The average molecular weight is 667 g/mol. The number of rotatable bonds is 4. The lowest BCUT2D eigenvalue weighted by Crippen LogP contribution is -2.08. The van der Waals surface area contributed by atoms with Gasteiger partial charge >= 0.3 is 0 Å². The van der Waals surface area contributed by atoms with Crippen molar-refractivity contribution in [3.8, 4) is 16.8 Å². The quantitative estimate of drug-likeness (QED) is 0.190. The van der Waals surface area contributed by atoms with Crippen LogP contribution in [0.2, 0.25) is 0 Å². The van der Waals surface area contributed by atoms with E-state index in [9.17, 15) is 4.79 Å². The second-order valence-electron chi connectivity index (χ2n) is 13.7. The van der Waals surface area contributed by atoms with Crippen LogP contribution in [0.5, 0.6) is 0 Å². The van der Waals surface area contributed by atoms with Gasteiger partial charge in [0.15, 0.2) is 0 Å². The number of hydrogen-bond acceptors (Lipinski definition) is 2. The van der Waals surface area contributed by atoms with Crippen LogP contribution in [-0.2, 0) is 6.42 Å². The molecule has 244 valence electrons. The van der Waals surface area contributed by atoms with Crippen molar-refractivity contribution in [3.63, 3.8) is 0 Å². The van der Waals surface area contributed by atoms with E-state index in [1.54, 1.807) is 0 Å². The van der Waals surface area contributed by atoms with Gasteiger partial charge in [-0.15, -0.1) is 0 Å². The number of pyridine rings is 1. The lowest BCUT2D eigenvalue weighted by atomic mass is 9.91. The highest BCUT2D eigenvalue weighted by Gasteiger charge is 2.18. The number of nitrogens with one attached hydrogen (secondary N) is 1. The van der Waals surface area contributed by atoms with E-state index in [1.165, 1.54) is 27.4 Å². The van der Waals surface area contributed by atoms with Crippen molar-refractivity contribution in [1.82, 2.24) is 9.55 Å². The molecule has 0 saturated heterocycles. The minimum Gasteiger partial charge on any atom is -0.455 e. The van der Waals surface area contributed by atoms with Crippen LogP contribution in [0.1, 0.15) is 11.1 Å². The molecule has 0 radical (unpaired) electrons. The normalized spacial score (nSPS) is 12.0. The molecule has 11 aromatic rings. The fourth-order valence-electron chi connectivity index (χ4n) is 8.46. The average Bonchev–Trinajstić information content (AvgIpc) is 3.74. The molecule has 52 heavy (non-hydrogen) atoms. The highest BCUT2D eigenvalue weighted by atomic mass is 16.3. The molecular weight excluding hydrogens is 637 g/mol. The molecule has 1 N–H and O–H groups in total. The van der Waals surface area contributed by atoms with Crippen LogP contribution in [-0.4, -0.2) is 9.55 Å². The second kappa shape index (κ2) is 11.0. The third kappa shape index (κ3) is 4.25. The van der Waals surface area contributed by atoms with Gasteiger partial charge in [0.2, 0.25) is 0 Å². The third-order valence-electron chi connectivity index (χ3n) is 10.8. The zero-order valence-corrected chi connectivity index (χ0v) is 28.1. The van der Waals surface area contributed by atoms with Gasteiger partial charge in [0, 0.05) is 54.5 Å². The fraction of sp³-hybridized carbons (Fsp3) is 0.0208. The summed E-state index contributed by atoms with van der Waals surface area (Å²) in [4.78, 5) is 17.1. The summed E-state index contributed by atoms with van der Waals surface area (Å²) in [5.74, 6) is 0. The molecule has 0 saturated carbocycles. The number of furan rings is 1. The number of H-pyrrole nitrogens is 1. The van der Waals surface area contributed by atoms with Gasteiger partial charge < -0.3 is 14.0 Å². The summed E-state index contributed by atoms with van der Waals surface area (Å²) >= 11 is 0. The molecule has 0 unspecified atom stereocenters. The van der Waals surface area contributed by atoms with Gasteiger partial charge in [-0.1, -0.05) is 109 Å². The number of nitrogens with zero attached hydrogens (tertiary/aromatic N) is 1. The van der Waals surface area contributed by atoms with E-state index >= 15 is 0 Å². The Balaban J connectivity index is 1.09. The Morgan fingerprint density at radius 3 is 2.13 bits per heavy atom. The van der Waals surface area contributed by atoms with Gasteiger partial charge in [-0.2, -0.15) is 0 Å². The number of para-hydroxylation sites is 4. The van der Waals surface area contributed by atoms with Crippen molar-refractivity contribution in [2.24, 2.45) is 0 Å². The van der Waals surface area contributed by atoms with E-state index in [2.05, 4.69) is 149 Å². The first-order chi connectivity index (χ1) is 25.7. The van der Waals surface area contributed by atoms with E-state index in [1.807, 2.05) is 24.3 Å². The van der Waals surface area contributed by atoms with Crippen LogP contribution < -0.4 is 5.56 Å². The number of hydrogen-bond donors (Lipinski definition) is 1. The summed E-state index contributed by atoms with van der Waals surface area (Å²) in [6, 6.07) is 57.4. The largest absolute Gasteiger partial charge is 0.455 e. The van der Waals surface area contributed by atoms with Crippen molar-refractivity contribution < 1.29 is 4.42 Å². The molecular formula is C48H30N2O2. The molecule has 0 spiro atoms. The van der Waals surface area contributed by atoms with Crippen LogP contribution in [0.3, 0.4) is 0 Å². The molecule has 0 amide bonds. The molecule has 4 nitrogen and oxygen atoms in total. The molecule has 0 aliphatic carbocycles. The maximum Gasteiger partial charge on any atom is 0.256 e. The molecule has 3 heterocycles. The van der Waals surface area contributed by atoms with Gasteiger partial charge in [0.05, 0.1) is 11.0 Å². The van der Waals surface area contributed by atoms with Gasteiger partial charge in [-0.25, -0.2) is 0 Å². The maximum atomic E-state index is 13.9. The van der Waals surface area contributed by atoms with Crippen molar-refractivity contribution in [1.29, 1.82) is 0 Å². The molecule has 0 aliphatic rings. The number of benzene rings is 8. The van der Waals surface area contributed by atoms with Crippen LogP contribution in [0, 0.1) is 0 Å². The van der Waals surface area contributed by atoms with E-state index in [-0.39, 0.29) is 5.56 Å². The minimum absolute atomic E-state index is 0.0805. The predicted molar refractivity (Wildman–Crippen MR) is 216 cm³/mol. The van der Waals surface area contributed by atoms with Gasteiger partial charge in [-0.05, 0) is 88.5 Å². The van der Waals surface area contributed by atoms with Crippen molar-refractivity contribution in [3.05, 3.63) is 185 Å². The van der Waals surface area contributed by atoms with Gasteiger partial charge in [0.1, 0.15) is 11.2 Å².